The monoisotopic (exact) mass is 403 g/mol. The minimum absolute atomic E-state index is 0.154. The molecule has 7 heteroatoms. The molecular weight excluding hydrogens is 385 g/mol. The van der Waals surface area contributed by atoms with Gasteiger partial charge in [-0.15, -0.1) is 0 Å². The molecule has 0 saturated carbocycles. The van der Waals surface area contributed by atoms with Crippen LogP contribution in [0, 0.1) is 0 Å². The fraction of sp³-hybridized carbons (Fsp3) is 0.333. The fourth-order valence-electron chi connectivity index (χ4n) is 2.23. The van der Waals surface area contributed by atoms with Crippen molar-refractivity contribution in [1.29, 1.82) is 0 Å². The van der Waals surface area contributed by atoms with E-state index >= 15 is 0 Å². The minimum Gasteiger partial charge on any atom is -0.493 e. The number of hydrogen-bond acceptors (Lipinski definition) is 4. The van der Waals surface area contributed by atoms with E-state index in [4.69, 9.17) is 49.4 Å². The van der Waals surface area contributed by atoms with E-state index in [9.17, 15) is 0 Å². The van der Waals surface area contributed by atoms with Crippen molar-refractivity contribution in [2.75, 3.05) is 20.3 Å². The van der Waals surface area contributed by atoms with Gasteiger partial charge in [0.2, 0.25) is 0 Å². The Morgan fingerprint density at radius 3 is 2.40 bits per heavy atom. The highest BCUT2D eigenvalue weighted by Crippen LogP contribution is 2.35. The summed E-state index contributed by atoms with van der Waals surface area (Å²) >= 11 is 18.7. The molecule has 0 atom stereocenters. The number of methoxy groups -OCH3 is 1. The quantitative estimate of drug-likeness (QED) is 0.594. The van der Waals surface area contributed by atoms with Crippen molar-refractivity contribution < 1.29 is 14.6 Å². The van der Waals surface area contributed by atoms with Gasteiger partial charge in [0.1, 0.15) is 6.61 Å². The van der Waals surface area contributed by atoms with Gasteiger partial charge in [-0.25, -0.2) is 0 Å². The van der Waals surface area contributed by atoms with Crippen LogP contribution in [0.1, 0.15) is 17.5 Å². The first kappa shape index (κ1) is 20.1. The van der Waals surface area contributed by atoms with E-state index in [0.717, 1.165) is 5.56 Å². The van der Waals surface area contributed by atoms with Crippen molar-refractivity contribution in [2.45, 2.75) is 19.6 Å². The molecule has 0 amide bonds. The fourth-order valence-corrected chi connectivity index (χ4v) is 2.96. The molecule has 0 bridgehead atoms. The van der Waals surface area contributed by atoms with E-state index in [1.54, 1.807) is 31.4 Å². The van der Waals surface area contributed by atoms with E-state index in [0.29, 0.717) is 51.6 Å². The Bertz CT molecular complexity index is 690. The molecule has 0 saturated heterocycles. The second-order valence-electron chi connectivity index (χ2n) is 5.34. The highest BCUT2D eigenvalue weighted by Gasteiger charge is 2.13. The van der Waals surface area contributed by atoms with Crippen LogP contribution in [0.25, 0.3) is 0 Å². The van der Waals surface area contributed by atoms with Crippen LogP contribution in [0.3, 0.4) is 0 Å². The SMILES string of the molecule is COc1cc(CNCCCO)c(Cl)cc1OCc1c(Cl)cccc1Cl. The van der Waals surface area contributed by atoms with Crippen LogP contribution >= 0.6 is 34.8 Å². The van der Waals surface area contributed by atoms with E-state index in [2.05, 4.69) is 5.32 Å². The van der Waals surface area contributed by atoms with Gasteiger partial charge in [-0.1, -0.05) is 40.9 Å². The minimum atomic E-state index is 0.154. The van der Waals surface area contributed by atoms with Crippen LogP contribution in [0.15, 0.2) is 30.3 Å². The molecule has 0 radical (unpaired) electrons. The van der Waals surface area contributed by atoms with Crippen molar-refractivity contribution in [3.05, 3.63) is 56.5 Å². The van der Waals surface area contributed by atoms with Gasteiger partial charge in [0.05, 0.1) is 7.11 Å². The Balaban J connectivity index is 2.11. The normalized spacial score (nSPS) is 10.8. The summed E-state index contributed by atoms with van der Waals surface area (Å²) in [4.78, 5) is 0. The van der Waals surface area contributed by atoms with E-state index in [-0.39, 0.29) is 13.2 Å². The average Bonchev–Trinajstić information content (AvgIpc) is 2.59. The van der Waals surface area contributed by atoms with Crippen LogP contribution in [0.2, 0.25) is 15.1 Å². The maximum absolute atomic E-state index is 8.81. The predicted octanol–water partition coefficient (Wildman–Crippen LogP) is 4.71. The molecule has 2 aromatic carbocycles. The Kier molecular flexibility index (Phi) is 8.13. The highest BCUT2D eigenvalue weighted by molar-refractivity contribution is 6.36. The molecule has 0 fully saturated rings. The van der Waals surface area contributed by atoms with Crippen molar-refractivity contribution in [3.8, 4) is 11.5 Å². The predicted molar refractivity (Wildman–Crippen MR) is 102 cm³/mol. The number of halogens is 3. The maximum atomic E-state index is 8.81. The van der Waals surface area contributed by atoms with Crippen molar-refractivity contribution in [2.24, 2.45) is 0 Å². The van der Waals surface area contributed by atoms with Crippen LogP contribution in [-0.4, -0.2) is 25.4 Å². The molecule has 0 aliphatic heterocycles. The largest absolute Gasteiger partial charge is 0.493 e. The lowest BCUT2D eigenvalue weighted by Gasteiger charge is -2.15. The van der Waals surface area contributed by atoms with Crippen LogP contribution in [0.4, 0.5) is 0 Å². The van der Waals surface area contributed by atoms with Gasteiger partial charge in [0.15, 0.2) is 11.5 Å². The van der Waals surface area contributed by atoms with Crippen LogP contribution < -0.4 is 14.8 Å². The third kappa shape index (κ3) is 5.66. The molecule has 2 N–H and O–H groups in total. The van der Waals surface area contributed by atoms with E-state index in [1.807, 2.05) is 6.07 Å². The van der Waals surface area contributed by atoms with Crippen molar-refractivity contribution in [3.63, 3.8) is 0 Å². The van der Waals surface area contributed by atoms with E-state index < -0.39 is 0 Å². The second kappa shape index (κ2) is 10.1. The smallest absolute Gasteiger partial charge is 0.163 e. The molecule has 2 aromatic rings. The number of nitrogens with one attached hydrogen (secondary N) is 1. The summed E-state index contributed by atoms with van der Waals surface area (Å²) in [5.74, 6) is 1.09. The summed E-state index contributed by atoms with van der Waals surface area (Å²) in [5, 5.41) is 13.7. The summed E-state index contributed by atoms with van der Waals surface area (Å²) in [6.45, 7) is 1.64. The number of benzene rings is 2. The lowest BCUT2D eigenvalue weighted by Crippen LogP contribution is -2.16. The first-order valence-electron chi connectivity index (χ1n) is 7.80. The Labute approximate surface area is 162 Å². The van der Waals surface area contributed by atoms with Gasteiger partial charge in [-0.05, 0) is 36.7 Å². The third-order valence-corrected chi connectivity index (χ3v) is 4.65. The van der Waals surface area contributed by atoms with Gasteiger partial charge in [0, 0.05) is 39.8 Å². The van der Waals surface area contributed by atoms with Gasteiger partial charge in [-0.2, -0.15) is 0 Å². The van der Waals surface area contributed by atoms with Gasteiger partial charge in [-0.3, -0.25) is 0 Å². The number of rotatable bonds is 9. The second-order valence-corrected chi connectivity index (χ2v) is 6.56. The molecule has 0 aromatic heterocycles. The molecule has 2 rings (SSSR count). The molecule has 0 spiro atoms. The zero-order valence-corrected chi connectivity index (χ0v) is 16.1. The number of ether oxygens (including phenoxy) is 2. The van der Waals surface area contributed by atoms with Crippen molar-refractivity contribution >= 4 is 34.8 Å². The summed E-state index contributed by atoms with van der Waals surface area (Å²) in [7, 11) is 1.57. The molecule has 0 unspecified atom stereocenters. The number of aliphatic hydroxyl groups is 1. The van der Waals surface area contributed by atoms with Gasteiger partial charge >= 0.3 is 0 Å². The molecule has 25 heavy (non-hydrogen) atoms. The first-order valence-corrected chi connectivity index (χ1v) is 8.94. The summed E-state index contributed by atoms with van der Waals surface area (Å²) in [5.41, 5.74) is 1.60. The van der Waals surface area contributed by atoms with Crippen LogP contribution in [0.5, 0.6) is 11.5 Å². The first-order chi connectivity index (χ1) is 12.1. The molecule has 0 aliphatic carbocycles. The lowest BCUT2D eigenvalue weighted by atomic mass is 10.2. The molecule has 0 heterocycles. The summed E-state index contributed by atoms with van der Waals surface area (Å²) < 4.78 is 11.2. The maximum Gasteiger partial charge on any atom is 0.163 e. The third-order valence-electron chi connectivity index (χ3n) is 3.59. The zero-order valence-electron chi connectivity index (χ0n) is 13.8. The zero-order chi connectivity index (χ0) is 18.2. The average molecular weight is 405 g/mol. The van der Waals surface area contributed by atoms with Crippen molar-refractivity contribution in [1.82, 2.24) is 5.32 Å². The highest BCUT2D eigenvalue weighted by atomic mass is 35.5. The molecule has 0 aliphatic rings. The Morgan fingerprint density at radius 2 is 1.76 bits per heavy atom. The number of hydrogen-bond donors (Lipinski definition) is 2. The Hall–Kier alpha value is -1.17. The molecular formula is C18H20Cl3NO3. The topological polar surface area (TPSA) is 50.7 Å². The molecule has 136 valence electrons. The summed E-state index contributed by atoms with van der Waals surface area (Å²) in [6, 6.07) is 8.85. The number of aliphatic hydroxyl groups excluding tert-OH is 1. The van der Waals surface area contributed by atoms with Crippen LogP contribution in [-0.2, 0) is 13.2 Å². The van der Waals surface area contributed by atoms with Gasteiger partial charge in [0.25, 0.3) is 0 Å². The van der Waals surface area contributed by atoms with Gasteiger partial charge < -0.3 is 19.9 Å². The molecule has 4 nitrogen and oxygen atoms in total. The Morgan fingerprint density at radius 1 is 1.04 bits per heavy atom. The lowest BCUT2D eigenvalue weighted by molar-refractivity contribution is 0.284. The summed E-state index contributed by atoms with van der Waals surface area (Å²) in [6.07, 6.45) is 0.689. The van der Waals surface area contributed by atoms with E-state index in [1.165, 1.54) is 0 Å². The standard InChI is InChI=1S/C18H20Cl3NO3/c1-24-17-8-12(10-22-6-3-7-23)16(21)9-18(17)25-11-13-14(19)4-2-5-15(13)20/h2,4-5,8-9,22-23H,3,6-7,10-11H2,1H3.